The maximum atomic E-state index is 12.1. The lowest BCUT2D eigenvalue weighted by molar-refractivity contribution is -0.119. The second-order valence-corrected chi connectivity index (χ2v) is 5.84. The summed E-state index contributed by atoms with van der Waals surface area (Å²) in [7, 11) is 1.81. The number of nitrogens with one attached hydrogen (secondary N) is 2. The number of hydrogen-bond donors (Lipinski definition) is 3. The Morgan fingerprint density at radius 2 is 2.05 bits per heavy atom. The Labute approximate surface area is 123 Å². The number of hydrogen-bond acceptors (Lipinski definition) is 4. The first-order valence-corrected chi connectivity index (χ1v) is 6.16. The van der Waals surface area contributed by atoms with E-state index in [1.807, 2.05) is 34.7 Å². The molecule has 20 heavy (non-hydrogen) atoms. The van der Waals surface area contributed by atoms with E-state index >= 15 is 0 Å². The van der Waals surface area contributed by atoms with Crippen LogP contribution in [0.1, 0.15) is 26.5 Å². The molecule has 1 atom stereocenters. The SMILES string of the molecule is Cc1nn(C)c2n[nH]c(NC(=O)[C@@H](N)C(C)(C)C)c12.Cl. The number of nitrogens with two attached hydrogens (primary N) is 1. The number of amides is 1. The molecule has 0 saturated carbocycles. The molecule has 0 fully saturated rings. The van der Waals surface area contributed by atoms with Crippen molar-refractivity contribution in [3.8, 4) is 0 Å². The van der Waals surface area contributed by atoms with Crippen LogP contribution in [0, 0.1) is 12.3 Å². The molecule has 7 nitrogen and oxygen atoms in total. The number of anilines is 1. The third-order valence-electron chi connectivity index (χ3n) is 3.18. The first kappa shape index (κ1) is 16.5. The summed E-state index contributed by atoms with van der Waals surface area (Å²) in [6.07, 6.45) is 0. The standard InChI is InChI=1S/C12H20N6O.ClH/c1-6-7-9(15-16-10(7)18(5)17-6)14-11(19)8(13)12(2,3)4;/h8H,13H2,1-5H3,(H2,14,15,16,19);1H/t8-;/m1./s1. The number of carbonyl (C=O) groups excluding carboxylic acids is 1. The summed E-state index contributed by atoms with van der Waals surface area (Å²) in [5.74, 6) is 0.312. The molecule has 2 heterocycles. The number of nitrogens with zero attached hydrogens (tertiary/aromatic N) is 3. The van der Waals surface area contributed by atoms with Crippen LogP contribution in [0.25, 0.3) is 11.0 Å². The summed E-state index contributed by atoms with van der Waals surface area (Å²) in [5.41, 5.74) is 7.15. The van der Waals surface area contributed by atoms with Gasteiger partial charge in [0.1, 0.15) is 5.82 Å². The third kappa shape index (κ3) is 2.78. The van der Waals surface area contributed by atoms with Crippen LogP contribution in [0.5, 0.6) is 0 Å². The lowest BCUT2D eigenvalue weighted by Gasteiger charge is -2.25. The van der Waals surface area contributed by atoms with Crippen molar-refractivity contribution in [3.63, 3.8) is 0 Å². The minimum atomic E-state index is -0.595. The van der Waals surface area contributed by atoms with Crippen LogP contribution in [0.15, 0.2) is 0 Å². The third-order valence-corrected chi connectivity index (χ3v) is 3.18. The zero-order chi connectivity index (χ0) is 14.4. The molecule has 1 amide bonds. The van der Waals surface area contributed by atoms with Gasteiger partial charge in [-0.2, -0.15) is 10.2 Å². The first-order valence-electron chi connectivity index (χ1n) is 6.16. The number of carbonyl (C=O) groups is 1. The van der Waals surface area contributed by atoms with Gasteiger partial charge < -0.3 is 11.1 Å². The second-order valence-electron chi connectivity index (χ2n) is 5.84. The maximum Gasteiger partial charge on any atom is 0.242 e. The van der Waals surface area contributed by atoms with Gasteiger partial charge in [-0.3, -0.25) is 9.89 Å². The molecule has 4 N–H and O–H groups in total. The Kier molecular flexibility index (Phi) is 4.45. The molecule has 0 saturated heterocycles. The number of H-pyrrole nitrogens is 1. The largest absolute Gasteiger partial charge is 0.319 e. The molecule has 0 aliphatic carbocycles. The molecule has 0 spiro atoms. The molecule has 0 unspecified atom stereocenters. The highest BCUT2D eigenvalue weighted by atomic mass is 35.5. The number of aromatic amines is 1. The Balaban J connectivity index is 0.00000200. The summed E-state index contributed by atoms with van der Waals surface area (Å²) < 4.78 is 1.67. The van der Waals surface area contributed by atoms with E-state index in [-0.39, 0.29) is 23.7 Å². The second kappa shape index (κ2) is 5.41. The molecule has 8 heteroatoms. The van der Waals surface area contributed by atoms with Crippen LogP contribution in [-0.2, 0) is 11.8 Å². The fourth-order valence-electron chi connectivity index (χ4n) is 1.92. The molecule has 112 valence electrons. The zero-order valence-electron chi connectivity index (χ0n) is 12.3. The van der Waals surface area contributed by atoms with Crippen molar-refractivity contribution < 1.29 is 4.79 Å². The van der Waals surface area contributed by atoms with Gasteiger partial charge in [0.15, 0.2) is 5.65 Å². The quantitative estimate of drug-likeness (QED) is 0.779. The predicted molar refractivity (Wildman–Crippen MR) is 80.9 cm³/mol. The molecular weight excluding hydrogens is 280 g/mol. The number of halogens is 1. The smallest absolute Gasteiger partial charge is 0.242 e. The summed E-state index contributed by atoms with van der Waals surface area (Å²) in [6.45, 7) is 7.65. The Morgan fingerprint density at radius 3 is 2.60 bits per heavy atom. The summed E-state index contributed by atoms with van der Waals surface area (Å²) in [5, 5.41) is 14.8. The number of rotatable bonds is 2. The fraction of sp³-hybridized carbons (Fsp3) is 0.583. The van der Waals surface area contributed by atoms with Crippen molar-refractivity contribution in [2.75, 3.05) is 5.32 Å². The average Bonchev–Trinajstić information content (AvgIpc) is 2.81. The van der Waals surface area contributed by atoms with E-state index < -0.39 is 6.04 Å². The molecule has 2 rings (SSSR count). The monoisotopic (exact) mass is 300 g/mol. The van der Waals surface area contributed by atoms with Crippen molar-refractivity contribution in [2.45, 2.75) is 33.7 Å². The van der Waals surface area contributed by atoms with Gasteiger partial charge in [0.25, 0.3) is 0 Å². The minimum absolute atomic E-state index is 0. The molecule has 0 radical (unpaired) electrons. The van der Waals surface area contributed by atoms with Crippen LogP contribution in [-0.4, -0.2) is 31.9 Å². The normalized spacial score (nSPS) is 13.1. The van der Waals surface area contributed by atoms with Crippen molar-refractivity contribution in [3.05, 3.63) is 5.69 Å². The number of aryl methyl sites for hydroxylation is 2. The maximum absolute atomic E-state index is 12.1. The van der Waals surface area contributed by atoms with Crippen molar-refractivity contribution in [1.82, 2.24) is 20.0 Å². The molecule has 0 aliphatic rings. The van der Waals surface area contributed by atoms with Crippen LogP contribution < -0.4 is 11.1 Å². The fourth-order valence-corrected chi connectivity index (χ4v) is 1.92. The van der Waals surface area contributed by atoms with Gasteiger partial charge in [0.05, 0.1) is 17.1 Å². The van der Waals surface area contributed by atoms with Crippen molar-refractivity contribution >= 4 is 35.2 Å². The van der Waals surface area contributed by atoms with Gasteiger partial charge in [0, 0.05) is 7.05 Å². The summed E-state index contributed by atoms with van der Waals surface area (Å²) in [4.78, 5) is 12.1. The van der Waals surface area contributed by atoms with E-state index in [1.54, 1.807) is 4.68 Å². The Morgan fingerprint density at radius 1 is 1.45 bits per heavy atom. The van der Waals surface area contributed by atoms with Gasteiger partial charge in [-0.1, -0.05) is 20.8 Å². The van der Waals surface area contributed by atoms with E-state index in [0.29, 0.717) is 11.5 Å². The lowest BCUT2D eigenvalue weighted by atomic mass is 9.87. The van der Waals surface area contributed by atoms with E-state index in [9.17, 15) is 4.79 Å². The molecule has 2 aromatic heterocycles. The van der Waals surface area contributed by atoms with Crippen LogP contribution in [0.2, 0.25) is 0 Å². The highest BCUT2D eigenvalue weighted by molar-refractivity contribution is 6.02. The van der Waals surface area contributed by atoms with Gasteiger partial charge in [0.2, 0.25) is 5.91 Å². The zero-order valence-corrected chi connectivity index (χ0v) is 13.1. The van der Waals surface area contributed by atoms with Crippen LogP contribution >= 0.6 is 12.4 Å². The predicted octanol–water partition coefficient (Wildman–Crippen LogP) is 1.34. The summed E-state index contributed by atoms with van der Waals surface area (Å²) >= 11 is 0. The topological polar surface area (TPSA) is 102 Å². The lowest BCUT2D eigenvalue weighted by Crippen LogP contribution is -2.45. The number of fused-ring (bicyclic) bond motifs is 1. The van der Waals surface area contributed by atoms with Crippen molar-refractivity contribution in [2.24, 2.45) is 18.2 Å². The van der Waals surface area contributed by atoms with Gasteiger partial charge in [-0.15, -0.1) is 12.4 Å². The average molecular weight is 301 g/mol. The van der Waals surface area contributed by atoms with Crippen LogP contribution in [0.4, 0.5) is 5.82 Å². The van der Waals surface area contributed by atoms with E-state index in [0.717, 1.165) is 11.1 Å². The van der Waals surface area contributed by atoms with E-state index in [1.165, 1.54) is 0 Å². The molecular formula is C12H21ClN6O. The first-order chi connectivity index (χ1) is 8.71. The summed E-state index contributed by atoms with van der Waals surface area (Å²) in [6, 6.07) is -0.595. The molecule has 0 aromatic carbocycles. The highest BCUT2D eigenvalue weighted by Gasteiger charge is 2.28. The molecule has 0 aliphatic heterocycles. The minimum Gasteiger partial charge on any atom is -0.319 e. The van der Waals surface area contributed by atoms with E-state index in [2.05, 4.69) is 20.6 Å². The molecule has 0 bridgehead atoms. The molecule has 2 aromatic rings. The van der Waals surface area contributed by atoms with Crippen LogP contribution in [0.3, 0.4) is 0 Å². The highest BCUT2D eigenvalue weighted by Crippen LogP contribution is 2.24. The number of aromatic nitrogens is 4. The Bertz CT molecular complexity index is 624. The van der Waals surface area contributed by atoms with Gasteiger partial charge >= 0.3 is 0 Å². The van der Waals surface area contributed by atoms with Gasteiger partial charge in [-0.25, -0.2) is 4.68 Å². The Hall–Kier alpha value is -1.60. The van der Waals surface area contributed by atoms with E-state index in [4.69, 9.17) is 5.73 Å². The van der Waals surface area contributed by atoms with Gasteiger partial charge in [-0.05, 0) is 12.3 Å². The van der Waals surface area contributed by atoms with Crippen molar-refractivity contribution in [1.29, 1.82) is 0 Å².